The second-order valence-corrected chi connectivity index (χ2v) is 4.61. The molecule has 0 heterocycles. The van der Waals surface area contributed by atoms with E-state index in [-0.39, 0.29) is 13.0 Å². The van der Waals surface area contributed by atoms with Crippen molar-refractivity contribution in [3.63, 3.8) is 0 Å². The molecule has 0 aliphatic heterocycles. The minimum absolute atomic E-state index is 0.171. The number of aliphatic hydroxyl groups is 1. The van der Waals surface area contributed by atoms with E-state index in [0.717, 1.165) is 0 Å². The third-order valence-electron chi connectivity index (χ3n) is 2.98. The van der Waals surface area contributed by atoms with Crippen molar-refractivity contribution in [1.82, 2.24) is 0 Å². The minimum atomic E-state index is -1.06. The molecule has 0 aliphatic carbocycles. The van der Waals surface area contributed by atoms with Crippen LogP contribution in [0.5, 0.6) is 5.75 Å². The van der Waals surface area contributed by atoms with Crippen molar-refractivity contribution in [2.75, 3.05) is 20.3 Å². The van der Waals surface area contributed by atoms with Crippen molar-refractivity contribution >= 4 is 18.0 Å². The number of rotatable bonds is 8. The van der Waals surface area contributed by atoms with Gasteiger partial charge in [0.05, 0.1) is 32.8 Å². The highest BCUT2D eigenvalue weighted by molar-refractivity contribution is 5.87. The van der Waals surface area contributed by atoms with E-state index >= 15 is 0 Å². The van der Waals surface area contributed by atoms with Crippen molar-refractivity contribution in [3.05, 3.63) is 35.4 Å². The molecule has 1 unspecified atom stereocenters. The number of hydrogen-bond acceptors (Lipinski definition) is 6. The summed E-state index contributed by atoms with van der Waals surface area (Å²) >= 11 is 0. The molecule has 0 bridgehead atoms. The smallest absolute Gasteiger partial charge is 0.330 e. The molecule has 1 rings (SSSR count). The SMILES string of the molecule is CCOC(=O)/C=C/c1ccc(OC)c(C(O)CC(=O)OCC)c1. The zero-order chi connectivity index (χ0) is 17.2. The standard InChI is InChI=1S/C17H22O6/c1-4-22-16(19)9-7-12-6-8-15(21-3)13(10-12)14(18)11-17(20)23-5-2/h6-10,14,18H,4-5,11H2,1-3H3/b9-7+. The van der Waals surface area contributed by atoms with Crippen LogP contribution in [0.15, 0.2) is 24.3 Å². The van der Waals surface area contributed by atoms with Gasteiger partial charge in [-0.3, -0.25) is 4.79 Å². The Morgan fingerprint density at radius 1 is 1.22 bits per heavy atom. The second-order valence-electron chi connectivity index (χ2n) is 4.61. The number of carbonyl (C=O) groups excluding carboxylic acids is 2. The van der Waals surface area contributed by atoms with Gasteiger partial charge in [0.1, 0.15) is 5.75 Å². The first-order chi connectivity index (χ1) is 11.0. The van der Waals surface area contributed by atoms with Gasteiger partial charge in [-0.15, -0.1) is 0 Å². The Morgan fingerprint density at radius 2 is 1.91 bits per heavy atom. The summed E-state index contributed by atoms with van der Waals surface area (Å²) < 4.78 is 14.8. The Bertz CT molecular complexity index is 564. The lowest BCUT2D eigenvalue weighted by Gasteiger charge is -2.15. The van der Waals surface area contributed by atoms with Crippen LogP contribution in [0.2, 0.25) is 0 Å². The number of methoxy groups -OCH3 is 1. The molecule has 0 spiro atoms. The topological polar surface area (TPSA) is 82.1 Å². The van der Waals surface area contributed by atoms with Crippen LogP contribution in [0.1, 0.15) is 37.5 Å². The molecular weight excluding hydrogens is 300 g/mol. The highest BCUT2D eigenvalue weighted by Gasteiger charge is 2.18. The lowest BCUT2D eigenvalue weighted by atomic mass is 10.0. The fourth-order valence-corrected chi connectivity index (χ4v) is 1.96. The molecule has 0 aliphatic rings. The van der Waals surface area contributed by atoms with Gasteiger partial charge in [0.25, 0.3) is 0 Å². The van der Waals surface area contributed by atoms with Crippen LogP contribution in [0.3, 0.4) is 0 Å². The van der Waals surface area contributed by atoms with Crippen LogP contribution >= 0.6 is 0 Å². The van der Waals surface area contributed by atoms with E-state index in [1.807, 2.05) is 0 Å². The zero-order valence-corrected chi connectivity index (χ0v) is 13.6. The van der Waals surface area contributed by atoms with E-state index in [1.54, 1.807) is 38.1 Å². The summed E-state index contributed by atoms with van der Waals surface area (Å²) in [7, 11) is 1.48. The van der Waals surface area contributed by atoms with Crippen molar-refractivity contribution in [1.29, 1.82) is 0 Å². The maximum absolute atomic E-state index is 11.5. The molecule has 0 amide bonds. The summed E-state index contributed by atoms with van der Waals surface area (Å²) in [5.41, 5.74) is 1.13. The van der Waals surface area contributed by atoms with Crippen LogP contribution in [0.25, 0.3) is 6.08 Å². The number of benzene rings is 1. The Kier molecular flexibility index (Phi) is 7.83. The monoisotopic (exact) mass is 322 g/mol. The van der Waals surface area contributed by atoms with Gasteiger partial charge in [-0.1, -0.05) is 6.07 Å². The van der Waals surface area contributed by atoms with Gasteiger partial charge in [-0.05, 0) is 37.6 Å². The number of carbonyl (C=O) groups is 2. The molecule has 0 aromatic heterocycles. The van der Waals surface area contributed by atoms with E-state index < -0.39 is 18.0 Å². The quantitative estimate of drug-likeness (QED) is 0.584. The lowest BCUT2D eigenvalue weighted by Crippen LogP contribution is -2.11. The van der Waals surface area contributed by atoms with Gasteiger partial charge < -0.3 is 19.3 Å². The van der Waals surface area contributed by atoms with Gasteiger partial charge >= 0.3 is 11.9 Å². The van der Waals surface area contributed by atoms with Gasteiger partial charge in [0, 0.05) is 11.6 Å². The summed E-state index contributed by atoms with van der Waals surface area (Å²) in [6, 6.07) is 5.04. The predicted octanol–water partition coefficient (Wildman–Crippen LogP) is 2.26. The van der Waals surface area contributed by atoms with Crippen LogP contribution < -0.4 is 4.74 Å². The average Bonchev–Trinajstić information content (AvgIpc) is 2.53. The number of ether oxygens (including phenoxy) is 3. The lowest BCUT2D eigenvalue weighted by molar-refractivity contribution is -0.145. The Labute approximate surface area is 135 Å². The fourth-order valence-electron chi connectivity index (χ4n) is 1.96. The first kappa shape index (κ1) is 18.7. The molecule has 1 aromatic rings. The molecule has 0 saturated heterocycles. The van der Waals surface area contributed by atoms with Crippen LogP contribution in [0.4, 0.5) is 0 Å². The molecule has 23 heavy (non-hydrogen) atoms. The van der Waals surface area contributed by atoms with Crippen LogP contribution in [0, 0.1) is 0 Å². The maximum Gasteiger partial charge on any atom is 0.330 e. The van der Waals surface area contributed by atoms with Crippen molar-refractivity contribution < 1.29 is 28.9 Å². The van der Waals surface area contributed by atoms with Crippen LogP contribution in [-0.2, 0) is 19.1 Å². The molecule has 1 atom stereocenters. The van der Waals surface area contributed by atoms with E-state index in [2.05, 4.69) is 0 Å². The Balaban J connectivity index is 2.94. The average molecular weight is 322 g/mol. The number of aliphatic hydroxyl groups excluding tert-OH is 1. The highest BCUT2D eigenvalue weighted by Crippen LogP contribution is 2.29. The third kappa shape index (κ3) is 6.12. The second kappa shape index (κ2) is 9.63. The molecule has 0 saturated carbocycles. The summed E-state index contributed by atoms with van der Waals surface area (Å²) in [6.45, 7) is 3.98. The van der Waals surface area contributed by atoms with Gasteiger partial charge in [0.15, 0.2) is 0 Å². The third-order valence-corrected chi connectivity index (χ3v) is 2.98. The maximum atomic E-state index is 11.5. The number of esters is 2. The fraction of sp³-hybridized carbons (Fsp3) is 0.412. The molecule has 6 nitrogen and oxygen atoms in total. The Morgan fingerprint density at radius 3 is 2.52 bits per heavy atom. The molecule has 1 aromatic carbocycles. The normalized spacial score (nSPS) is 12.0. The van der Waals surface area contributed by atoms with Crippen molar-refractivity contribution in [2.24, 2.45) is 0 Å². The molecule has 6 heteroatoms. The van der Waals surface area contributed by atoms with E-state index in [0.29, 0.717) is 23.5 Å². The molecule has 1 N–H and O–H groups in total. The minimum Gasteiger partial charge on any atom is -0.496 e. The van der Waals surface area contributed by atoms with Crippen LogP contribution in [-0.4, -0.2) is 37.4 Å². The van der Waals surface area contributed by atoms with Gasteiger partial charge in [-0.25, -0.2) is 4.79 Å². The summed E-state index contributed by atoms with van der Waals surface area (Å²) in [5.74, 6) is -0.485. The van der Waals surface area contributed by atoms with Gasteiger partial charge in [-0.2, -0.15) is 0 Å². The largest absolute Gasteiger partial charge is 0.496 e. The van der Waals surface area contributed by atoms with E-state index in [4.69, 9.17) is 14.2 Å². The summed E-state index contributed by atoms with van der Waals surface area (Å²) in [5, 5.41) is 10.2. The van der Waals surface area contributed by atoms with E-state index in [1.165, 1.54) is 13.2 Å². The van der Waals surface area contributed by atoms with Gasteiger partial charge in [0.2, 0.25) is 0 Å². The molecule has 0 radical (unpaired) electrons. The summed E-state index contributed by atoms with van der Waals surface area (Å²) in [6.07, 6.45) is 1.64. The highest BCUT2D eigenvalue weighted by atomic mass is 16.5. The first-order valence-corrected chi connectivity index (χ1v) is 7.38. The Hall–Kier alpha value is -2.34. The zero-order valence-electron chi connectivity index (χ0n) is 13.6. The molecular formula is C17H22O6. The summed E-state index contributed by atoms with van der Waals surface area (Å²) in [4.78, 5) is 22.8. The van der Waals surface area contributed by atoms with Crippen molar-refractivity contribution in [2.45, 2.75) is 26.4 Å². The predicted molar refractivity (Wildman–Crippen MR) is 84.9 cm³/mol. The first-order valence-electron chi connectivity index (χ1n) is 7.38. The molecule has 0 fully saturated rings. The molecule has 126 valence electrons. The number of hydrogen-bond donors (Lipinski definition) is 1. The van der Waals surface area contributed by atoms with E-state index in [9.17, 15) is 14.7 Å². The van der Waals surface area contributed by atoms with Crippen molar-refractivity contribution in [3.8, 4) is 5.75 Å².